The van der Waals surface area contributed by atoms with Crippen LogP contribution < -0.4 is 10.8 Å². The van der Waals surface area contributed by atoms with E-state index in [1.54, 1.807) is 0 Å². The number of nitrogens with zero attached hydrogens (tertiary/aromatic N) is 3. The molecular weight excluding hydrogens is 378 g/mol. The number of urea groups is 1. The van der Waals surface area contributed by atoms with Crippen LogP contribution in [0.4, 0.5) is 4.79 Å². The lowest BCUT2D eigenvalue weighted by molar-refractivity contribution is -0.139. The van der Waals surface area contributed by atoms with Crippen molar-refractivity contribution in [3.8, 4) is 0 Å². The van der Waals surface area contributed by atoms with Crippen molar-refractivity contribution in [2.45, 2.75) is 43.4 Å². The molecular formula is C15H25N5O4S2. The van der Waals surface area contributed by atoms with Crippen LogP contribution in [0.5, 0.6) is 0 Å². The number of rotatable bonds is 6. The van der Waals surface area contributed by atoms with Crippen LogP contribution >= 0.6 is 24.7 Å². The number of piperidine rings is 1. The van der Waals surface area contributed by atoms with Crippen molar-refractivity contribution in [1.29, 1.82) is 0 Å². The fraction of sp³-hybridized carbons (Fsp3) is 0.867. The number of hydroxylamine groups is 3. The highest BCUT2D eigenvalue weighted by Gasteiger charge is 2.48. The first kappa shape index (κ1) is 18.6. The Morgan fingerprint density at radius 3 is 3.04 bits per heavy atom. The van der Waals surface area contributed by atoms with Gasteiger partial charge in [0.05, 0.1) is 12.6 Å². The molecule has 2 bridgehead atoms. The van der Waals surface area contributed by atoms with E-state index in [1.165, 1.54) is 15.7 Å². The minimum atomic E-state index is -0.516. The topological polar surface area (TPSA) is 86.4 Å². The summed E-state index contributed by atoms with van der Waals surface area (Å²) in [5, 5.41) is 4.69. The van der Waals surface area contributed by atoms with Crippen LogP contribution in [0.25, 0.3) is 0 Å². The van der Waals surface area contributed by atoms with Gasteiger partial charge in [-0.25, -0.2) is 14.6 Å². The van der Waals surface area contributed by atoms with Crippen molar-refractivity contribution in [1.82, 2.24) is 25.7 Å². The first-order chi connectivity index (χ1) is 12.7. The molecule has 0 aromatic rings. The summed E-state index contributed by atoms with van der Waals surface area (Å²) in [6.07, 6.45) is 2.33. The lowest BCUT2D eigenvalue weighted by Gasteiger charge is -2.29. The molecule has 11 heteroatoms. The molecule has 2 unspecified atom stereocenters. The van der Waals surface area contributed by atoms with E-state index < -0.39 is 6.04 Å². The SMILES string of the molecule is O=C(NOC[C@H]1C[C@H](N2CCSC2)CN1)C1CCC2CN1C(=O)N2OS. The van der Waals surface area contributed by atoms with Gasteiger partial charge in [0, 0.05) is 56.3 Å². The lowest BCUT2D eigenvalue weighted by Crippen LogP contribution is -2.50. The molecule has 0 radical (unpaired) electrons. The van der Waals surface area contributed by atoms with Gasteiger partial charge in [-0.05, 0) is 19.3 Å². The maximum atomic E-state index is 12.4. The van der Waals surface area contributed by atoms with E-state index in [4.69, 9.17) is 9.12 Å². The number of fused-ring (bicyclic) bond motifs is 2. The quantitative estimate of drug-likeness (QED) is 0.322. The van der Waals surface area contributed by atoms with Crippen LogP contribution in [0.3, 0.4) is 0 Å². The second-order valence-corrected chi connectivity index (χ2v) is 8.45. The number of carbonyl (C=O) groups is 2. The Hall–Kier alpha value is -0.720. The normalized spacial score (nSPS) is 34.7. The van der Waals surface area contributed by atoms with Gasteiger partial charge in [0.1, 0.15) is 6.04 Å². The number of amides is 3. The van der Waals surface area contributed by atoms with Crippen molar-refractivity contribution < 1.29 is 18.7 Å². The standard InChI is InChI=1S/C15H25N5O4S2/c21-14(13-2-1-11-7-19(13)15(22)20(11)24-25)17-23-8-10-5-12(6-16-10)18-3-4-26-9-18/h10-13,16,25H,1-9H2,(H,17,21)/t10-,11?,12+,13?/m1/s1. The van der Waals surface area contributed by atoms with E-state index in [0.717, 1.165) is 25.4 Å². The maximum Gasteiger partial charge on any atom is 0.345 e. The molecule has 0 aliphatic carbocycles. The van der Waals surface area contributed by atoms with Gasteiger partial charge in [-0.15, -0.1) is 11.8 Å². The molecule has 26 heavy (non-hydrogen) atoms. The average Bonchev–Trinajstić information content (AvgIpc) is 3.37. The molecule has 0 spiro atoms. The highest BCUT2D eigenvalue weighted by atomic mass is 32.2. The zero-order valence-corrected chi connectivity index (χ0v) is 16.2. The van der Waals surface area contributed by atoms with E-state index in [-0.39, 0.29) is 24.0 Å². The number of thioether (sulfide) groups is 1. The molecule has 4 aliphatic heterocycles. The summed E-state index contributed by atoms with van der Waals surface area (Å²) in [7, 11) is 0. The number of nitrogens with one attached hydrogen (secondary N) is 2. The predicted molar refractivity (Wildman–Crippen MR) is 99.1 cm³/mol. The predicted octanol–water partition coefficient (Wildman–Crippen LogP) is -0.184. The Balaban J connectivity index is 1.21. The summed E-state index contributed by atoms with van der Waals surface area (Å²) in [5.41, 5.74) is 2.53. The van der Waals surface area contributed by atoms with Crippen LogP contribution in [0, 0.1) is 0 Å². The molecule has 3 amide bonds. The molecule has 4 atom stereocenters. The van der Waals surface area contributed by atoms with Crippen LogP contribution in [-0.2, 0) is 13.9 Å². The molecule has 146 valence electrons. The minimum absolute atomic E-state index is 0.0339. The largest absolute Gasteiger partial charge is 0.345 e. The summed E-state index contributed by atoms with van der Waals surface area (Å²) in [5.74, 6) is 2.04. The molecule has 0 saturated carbocycles. The number of hydrogen-bond acceptors (Lipinski definition) is 8. The van der Waals surface area contributed by atoms with E-state index in [9.17, 15) is 9.59 Å². The summed E-state index contributed by atoms with van der Waals surface area (Å²) >= 11 is 5.70. The van der Waals surface area contributed by atoms with E-state index >= 15 is 0 Å². The fourth-order valence-corrected chi connectivity index (χ4v) is 5.48. The van der Waals surface area contributed by atoms with Gasteiger partial charge in [-0.3, -0.25) is 14.5 Å². The first-order valence-electron chi connectivity index (χ1n) is 9.05. The van der Waals surface area contributed by atoms with Gasteiger partial charge >= 0.3 is 6.03 Å². The van der Waals surface area contributed by atoms with Crippen LogP contribution in [0.2, 0.25) is 0 Å². The molecule has 4 aliphatic rings. The molecule has 0 aromatic carbocycles. The highest BCUT2D eigenvalue weighted by molar-refractivity contribution is 7.99. The third-order valence-electron chi connectivity index (χ3n) is 5.67. The smallest absolute Gasteiger partial charge is 0.310 e. The maximum absolute atomic E-state index is 12.4. The molecule has 2 N–H and O–H groups in total. The second kappa shape index (κ2) is 8.11. The van der Waals surface area contributed by atoms with E-state index in [2.05, 4.69) is 28.6 Å². The molecule has 9 nitrogen and oxygen atoms in total. The summed E-state index contributed by atoms with van der Waals surface area (Å²) in [4.78, 5) is 34.1. The third kappa shape index (κ3) is 3.65. The molecule has 4 heterocycles. The lowest BCUT2D eigenvalue weighted by atomic mass is 10.0. The van der Waals surface area contributed by atoms with Crippen molar-refractivity contribution >= 4 is 36.6 Å². The Morgan fingerprint density at radius 1 is 1.38 bits per heavy atom. The average molecular weight is 404 g/mol. The summed E-state index contributed by atoms with van der Waals surface area (Å²) in [6.45, 7) is 3.03. The van der Waals surface area contributed by atoms with Gasteiger partial charge in [0.15, 0.2) is 0 Å². The highest BCUT2D eigenvalue weighted by Crippen LogP contribution is 2.30. The molecule has 4 rings (SSSR count). The van der Waals surface area contributed by atoms with Gasteiger partial charge < -0.3 is 10.2 Å². The van der Waals surface area contributed by atoms with Crippen molar-refractivity contribution in [2.75, 3.05) is 37.9 Å². The molecule has 4 saturated heterocycles. The Bertz CT molecular complexity index is 550. The number of hydrogen-bond donors (Lipinski definition) is 3. The monoisotopic (exact) mass is 403 g/mol. The van der Waals surface area contributed by atoms with Gasteiger partial charge in [0.2, 0.25) is 0 Å². The van der Waals surface area contributed by atoms with Gasteiger partial charge in [-0.1, -0.05) is 0 Å². The first-order valence-corrected chi connectivity index (χ1v) is 10.6. The van der Waals surface area contributed by atoms with Crippen molar-refractivity contribution in [3.05, 3.63) is 0 Å². The number of thiol groups is 1. The van der Waals surface area contributed by atoms with E-state index in [0.29, 0.717) is 32.0 Å². The Morgan fingerprint density at radius 2 is 2.27 bits per heavy atom. The number of carbonyl (C=O) groups excluding carboxylic acids is 2. The molecule has 0 aromatic heterocycles. The minimum Gasteiger partial charge on any atom is -0.310 e. The summed E-state index contributed by atoms with van der Waals surface area (Å²) in [6, 6.07) is -0.0694. The van der Waals surface area contributed by atoms with Crippen LogP contribution in [0.15, 0.2) is 0 Å². The van der Waals surface area contributed by atoms with Crippen molar-refractivity contribution in [2.24, 2.45) is 0 Å². The van der Waals surface area contributed by atoms with Crippen molar-refractivity contribution in [3.63, 3.8) is 0 Å². The van der Waals surface area contributed by atoms with Gasteiger partial charge in [-0.2, -0.15) is 5.06 Å². The second-order valence-electron chi connectivity index (χ2n) is 7.21. The molecule has 4 fully saturated rings. The Labute approximate surface area is 162 Å². The van der Waals surface area contributed by atoms with E-state index in [1.807, 2.05) is 11.8 Å². The Kier molecular flexibility index (Phi) is 5.81. The zero-order valence-electron chi connectivity index (χ0n) is 14.5. The fourth-order valence-electron chi connectivity index (χ4n) is 4.21. The summed E-state index contributed by atoms with van der Waals surface area (Å²) < 4.78 is 4.83. The van der Waals surface area contributed by atoms with Crippen LogP contribution in [0.1, 0.15) is 19.3 Å². The zero-order chi connectivity index (χ0) is 18.1. The third-order valence-corrected chi connectivity index (χ3v) is 6.83. The van der Waals surface area contributed by atoms with Gasteiger partial charge in [0.25, 0.3) is 5.91 Å². The van der Waals surface area contributed by atoms with Crippen LogP contribution in [-0.4, -0.2) is 88.8 Å².